The Morgan fingerprint density at radius 2 is 0.804 bits per heavy atom. The Labute approximate surface area is 323 Å². The van der Waals surface area contributed by atoms with E-state index < -0.39 is 0 Å². The number of hydrogen-bond donors (Lipinski definition) is 0. The molecule has 7 aromatic carbocycles. The first-order valence-corrected chi connectivity index (χ1v) is 18.9. The highest BCUT2D eigenvalue weighted by atomic mass is 15.1. The van der Waals surface area contributed by atoms with Crippen molar-refractivity contribution in [1.82, 2.24) is 24.1 Å². The summed E-state index contributed by atoms with van der Waals surface area (Å²) in [6, 6.07) is 68.1. The second-order valence-electron chi connectivity index (χ2n) is 14.1. The van der Waals surface area contributed by atoms with Crippen LogP contribution in [0.5, 0.6) is 0 Å². The van der Waals surface area contributed by atoms with Crippen LogP contribution >= 0.6 is 0 Å². The number of fused-ring (bicyclic) bond motifs is 6. The van der Waals surface area contributed by atoms with Gasteiger partial charge < -0.3 is 4.57 Å². The van der Waals surface area contributed by atoms with Gasteiger partial charge in [-0.15, -0.1) is 0 Å². The van der Waals surface area contributed by atoms with Crippen molar-refractivity contribution in [3.8, 4) is 56.5 Å². The number of aromatic nitrogens is 5. The number of pyridine rings is 1. The lowest BCUT2D eigenvalue weighted by atomic mass is 10.0. The van der Waals surface area contributed by atoms with Crippen molar-refractivity contribution in [3.05, 3.63) is 200 Å². The molecule has 0 radical (unpaired) electrons. The fraction of sp³-hybridized carbons (Fsp3) is 0. The van der Waals surface area contributed by atoms with Gasteiger partial charge in [-0.05, 0) is 65.7 Å². The summed E-state index contributed by atoms with van der Waals surface area (Å²) in [4.78, 5) is 15.3. The largest absolute Gasteiger partial charge is 0.309 e. The maximum absolute atomic E-state index is 5.13. The van der Waals surface area contributed by atoms with Crippen molar-refractivity contribution in [3.63, 3.8) is 0 Å². The molecule has 0 saturated heterocycles. The zero-order valence-electron chi connectivity index (χ0n) is 30.3. The average Bonchev–Trinajstić information content (AvgIpc) is 3.78. The van der Waals surface area contributed by atoms with E-state index in [0.717, 1.165) is 56.1 Å². The molecule has 0 atom stereocenters. The summed E-state index contributed by atoms with van der Waals surface area (Å²) in [5.74, 6) is 1.46. The van der Waals surface area contributed by atoms with Crippen LogP contribution in [0.2, 0.25) is 0 Å². The van der Waals surface area contributed by atoms with E-state index in [9.17, 15) is 0 Å². The minimum Gasteiger partial charge on any atom is -0.309 e. The number of rotatable bonds is 6. The number of benzene rings is 7. The zero-order valence-corrected chi connectivity index (χ0v) is 30.3. The van der Waals surface area contributed by atoms with Gasteiger partial charge in [0.2, 0.25) is 0 Å². The minimum absolute atomic E-state index is 0.629. The summed E-state index contributed by atoms with van der Waals surface area (Å²) in [6.07, 6.45) is 1.90. The maximum atomic E-state index is 5.13. The van der Waals surface area contributed by atoms with E-state index in [4.69, 9.17) is 15.0 Å². The molecule has 56 heavy (non-hydrogen) atoms. The van der Waals surface area contributed by atoms with Gasteiger partial charge in [-0.1, -0.05) is 140 Å². The van der Waals surface area contributed by atoms with E-state index in [-0.39, 0.29) is 0 Å². The molecule has 5 nitrogen and oxygen atoms in total. The highest BCUT2D eigenvalue weighted by molar-refractivity contribution is 6.19. The van der Waals surface area contributed by atoms with E-state index in [1.807, 2.05) is 30.5 Å². The highest BCUT2D eigenvalue weighted by Crippen LogP contribution is 2.39. The summed E-state index contributed by atoms with van der Waals surface area (Å²) in [7, 11) is 0. The van der Waals surface area contributed by atoms with Gasteiger partial charge >= 0.3 is 0 Å². The summed E-state index contributed by atoms with van der Waals surface area (Å²) >= 11 is 0. The molecular weight excluding hydrogens is 683 g/mol. The van der Waals surface area contributed by atoms with E-state index in [0.29, 0.717) is 5.82 Å². The summed E-state index contributed by atoms with van der Waals surface area (Å²) < 4.78 is 4.65. The molecule has 0 fully saturated rings. The smallest absolute Gasteiger partial charge is 0.161 e. The highest BCUT2D eigenvalue weighted by Gasteiger charge is 2.19. The molecule has 0 N–H and O–H groups in total. The molecule has 0 aliphatic rings. The van der Waals surface area contributed by atoms with Gasteiger partial charge in [0.1, 0.15) is 5.82 Å². The molecule has 0 aliphatic carbocycles. The summed E-state index contributed by atoms with van der Waals surface area (Å²) in [6.45, 7) is 0. The first kappa shape index (κ1) is 31.9. The zero-order chi connectivity index (χ0) is 37.0. The van der Waals surface area contributed by atoms with Gasteiger partial charge in [0.05, 0.1) is 33.5 Å². The van der Waals surface area contributed by atoms with Crippen molar-refractivity contribution in [2.75, 3.05) is 0 Å². The molecule has 5 heteroatoms. The van der Waals surface area contributed by atoms with Crippen molar-refractivity contribution < 1.29 is 0 Å². The predicted molar refractivity (Wildman–Crippen MR) is 230 cm³/mol. The fourth-order valence-electron chi connectivity index (χ4n) is 8.13. The van der Waals surface area contributed by atoms with Crippen LogP contribution in [0.4, 0.5) is 0 Å². The van der Waals surface area contributed by atoms with Crippen LogP contribution in [-0.4, -0.2) is 24.1 Å². The van der Waals surface area contributed by atoms with Crippen LogP contribution in [0.25, 0.3) is 100 Å². The Kier molecular flexibility index (Phi) is 7.42. The molecule has 0 bridgehead atoms. The molecule has 0 saturated carbocycles. The normalized spacial score (nSPS) is 11.6. The molecule has 0 unspecified atom stereocenters. The van der Waals surface area contributed by atoms with Crippen molar-refractivity contribution in [2.45, 2.75) is 0 Å². The topological polar surface area (TPSA) is 48.5 Å². The third-order valence-corrected chi connectivity index (χ3v) is 10.8. The Hall–Kier alpha value is -7.63. The summed E-state index contributed by atoms with van der Waals surface area (Å²) in [5, 5.41) is 4.84. The molecule has 4 aromatic heterocycles. The third kappa shape index (κ3) is 5.29. The Morgan fingerprint density at radius 3 is 1.43 bits per heavy atom. The minimum atomic E-state index is 0.629. The standard InChI is InChI=1S/C51H33N5/c1-4-14-34(15-5-1)35-24-26-37(27-25-35)45-31-44(36-16-6-2-7-17-36)53-51(54-45)38-28-29-50(52-33-38)56-47-23-13-11-21-41(47)43-30-42-40-20-10-12-22-46(40)55(48(42)32-49(43)56)39-18-8-3-9-19-39/h1-33H. The van der Waals surface area contributed by atoms with Gasteiger partial charge in [-0.25, -0.2) is 15.0 Å². The van der Waals surface area contributed by atoms with Crippen LogP contribution in [0.3, 0.4) is 0 Å². The van der Waals surface area contributed by atoms with Crippen LogP contribution in [0.15, 0.2) is 200 Å². The predicted octanol–water partition coefficient (Wildman–Crippen LogP) is 12.7. The number of hydrogen-bond acceptors (Lipinski definition) is 3. The van der Waals surface area contributed by atoms with Gasteiger partial charge in [0, 0.05) is 50.1 Å². The van der Waals surface area contributed by atoms with Crippen LogP contribution in [-0.2, 0) is 0 Å². The first-order valence-electron chi connectivity index (χ1n) is 18.9. The lowest BCUT2D eigenvalue weighted by Crippen LogP contribution is -2.00. The van der Waals surface area contributed by atoms with Gasteiger partial charge in [0.15, 0.2) is 5.82 Å². The van der Waals surface area contributed by atoms with E-state index in [1.54, 1.807) is 0 Å². The average molecular weight is 716 g/mol. The quantitative estimate of drug-likeness (QED) is 0.172. The third-order valence-electron chi connectivity index (χ3n) is 10.8. The fourth-order valence-corrected chi connectivity index (χ4v) is 8.13. The van der Waals surface area contributed by atoms with Gasteiger partial charge in [-0.2, -0.15) is 0 Å². The second-order valence-corrected chi connectivity index (χ2v) is 14.1. The Bertz CT molecular complexity index is 3200. The van der Waals surface area contributed by atoms with E-state index in [1.165, 1.54) is 38.2 Å². The van der Waals surface area contributed by atoms with E-state index >= 15 is 0 Å². The van der Waals surface area contributed by atoms with Crippen molar-refractivity contribution in [1.29, 1.82) is 0 Å². The Morgan fingerprint density at radius 1 is 0.321 bits per heavy atom. The van der Waals surface area contributed by atoms with Gasteiger partial charge in [0.25, 0.3) is 0 Å². The molecule has 0 spiro atoms. The molecule has 11 rings (SSSR count). The van der Waals surface area contributed by atoms with E-state index in [2.05, 4.69) is 179 Å². The van der Waals surface area contributed by atoms with Gasteiger partial charge in [-0.3, -0.25) is 4.57 Å². The molecular formula is C51H33N5. The lowest BCUT2D eigenvalue weighted by molar-refractivity contribution is 1.07. The van der Waals surface area contributed by atoms with Crippen LogP contribution in [0, 0.1) is 0 Å². The Balaban J connectivity index is 1.06. The van der Waals surface area contributed by atoms with Crippen molar-refractivity contribution in [2.24, 2.45) is 0 Å². The first-order chi connectivity index (χ1) is 27.8. The monoisotopic (exact) mass is 715 g/mol. The molecule has 0 aliphatic heterocycles. The molecule has 4 heterocycles. The van der Waals surface area contributed by atoms with Crippen molar-refractivity contribution >= 4 is 43.6 Å². The number of nitrogens with zero attached hydrogens (tertiary/aromatic N) is 5. The van der Waals surface area contributed by atoms with Crippen LogP contribution in [0.1, 0.15) is 0 Å². The lowest BCUT2D eigenvalue weighted by Gasteiger charge is -2.11. The number of para-hydroxylation sites is 3. The maximum Gasteiger partial charge on any atom is 0.161 e. The second kappa shape index (κ2) is 13.0. The summed E-state index contributed by atoms with van der Waals surface area (Å²) in [5.41, 5.74) is 12.7. The molecule has 262 valence electrons. The SMILES string of the molecule is c1ccc(-c2ccc(-c3cc(-c4ccccc4)nc(-c4ccc(-n5c6ccccc6c6cc7c8ccccc8n(-c8ccccc8)c7cc65)nc4)n3)cc2)cc1. The van der Waals surface area contributed by atoms with Crippen LogP contribution < -0.4 is 0 Å². The molecule has 0 amide bonds. The molecule has 11 aromatic rings.